The molecule has 2 aromatic rings. The molecule has 0 spiro atoms. The summed E-state index contributed by atoms with van der Waals surface area (Å²) < 4.78 is 0. The van der Waals surface area contributed by atoms with Crippen LogP contribution in [0.25, 0.3) is 11.6 Å². The predicted molar refractivity (Wildman–Crippen MR) is 89.6 cm³/mol. The number of rotatable bonds is 3. The Morgan fingerprint density at radius 1 is 1.09 bits per heavy atom. The molecule has 1 aliphatic rings. The third-order valence-electron chi connectivity index (χ3n) is 3.94. The van der Waals surface area contributed by atoms with Crippen molar-refractivity contribution >= 4 is 23.2 Å². The first-order chi connectivity index (χ1) is 10.5. The predicted octanol–water partition coefficient (Wildman–Crippen LogP) is 3.16. The Labute approximate surface area is 128 Å². The smallest absolute Gasteiger partial charge is 0.123 e. The van der Waals surface area contributed by atoms with Crippen LogP contribution < -0.4 is 5.73 Å². The van der Waals surface area contributed by atoms with E-state index in [1.807, 2.05) is 18.2 Å². The number of fused-ring (bicyclic) bond motifs is 1. The Balaban J connectivity index is 1.95. The van der Waals surface area contributed by atoms with Crippen molar-refractivity contribution < 1.29 is 5.11 Å². The number of phenols is 1. The highest BCUT2D eigenvalue weighted by Crippen LogP contribution is 2.36. The second kappa shape index (κ2) is 5.15. The molecular formula is C18H17N3O. The van der Waals surface area contributed by atoms with Gasteiger partial charge in [-0.1, -0.05) is 30.3 Å². The van der Waals surface area contributed by atoms with Gasteiger partial charge in [0.2, 0.25) is 0 Å². The maximum Gasteiger partial charge on any atom is 0.123 e. The van der Waals surface area contributed by atoms with Gasteiger partial charge in [-0.05, 0) is 47.7 Å². The van der Waals surface area contributed by atoms with E-state index in [2.05, 4.69) is 6.08 Å². The van der Waals surface area contributed by atoms with Gasteiger partial charge < -0.3 is 16.2 Å². The van der Waals surface area contributed by atoms with Gasteiger partial charge in [0.15, 0.2) is 0 Å². The number of aromatic hydroxyl groups is 1. The van der Waals surface area contributed by atoms with E-state index < -0.39 is 0 Å². The second-order valence-electron chi connectivity index (χ2n) is 5.53. The Morgan fingerprint density at radius 3 is 2.45 bits per heavy atom. The number of nitrogens with two attached hydrogens (primary N) is 1. The zero-order chi connectivity index (χ0) is 15.9. The van der Waals surface area contributed by atoms with Crippen LogP contribution in [0.3, 0.4) is 0 Å². The van der Waals surface area contributed by atoms with E-state index >= 15 is 0 Å². The quantitative estimate of drug-likeness (QED) is 0.516. The van der Waals surface area contributed by atoms with E-state index in [-0.39, 0.29) is 11.6 Å². The lowest BCUT2D eigenvalue weighted by molar-refractivity contribution is 0.473. The van der Waals surface area contributed by atoms with Crippen LogP contribution in [0.1, 0.15) is 34.7 Å². The maximum atomic E-state index is 10.2. The topological polar surface area (TPSA) is 94.0 Å². The molecule has 0 radical (unpaired) electrons. The number of amidine groups is 1. The van der Waals surface area contributed by atoms with E-state index in [1.165, 1.54) is 6.07 Å². The van der Waals surface area contributed by atoms with Crippen molar-refractivity contribution in [3.8, 4) is 5.75 Å². The first-order valence-corrected chi connectivity index (χ1v) is 7.02. The van der Waals surface area contributed by atoms with Crippen LogP contribution in [-0.4, -0.2) is 16.7 Å². The van der Waals surface area contributed by atoms with Crippen LogP contribution in [0.4, 0.5) is 0 Å². The molecule has 5 N–H and O–H groups in total. The molecule has 0 saturated carbocycles. The van der Waals surface area contributed by atoms with Crippen LogP contribution >= 0.6 is 0 Å². The first-order valence-electron chi connectivity index (χ1n) is 7.02. The molecule has 0 atom stereocenters. The molecule has 1 aliphatic carbocycles. The largest absolute Gasteiger partial charge is 0.507 e. The summed E-state index contributed by atoms with van der Waals surface area (Å²) in [6.45, 7) is 1.78. The van der Waals surface area contributed by atoms with Crippen molar-refractivity contribution in [1.29, 1.82) is 10.8 Å². The van der Waals surface area contributed by atoms with Crippen molar-refractivity contribution in [2.24, 2.45) is 5.73 Å². The van der Waals surface area contributed by atoms with Crippen molar-refractivity contribution in [2.45, 2.75) is 13.3 Å². The molecule has 110 valence electrons. The van der Waals surface area contributed by atoms with Crippen LogP contribution in [0.15, 0.2) is 36.4 Å². The average Bonchev–Trinajstić information content (AvgIpc) is 2.89. The van der Waals surface area contributed by atoms with Crippen LogP contribution in [0, 0.1) is 10.8 Å². The molecule has 3 rings (SSSR count). The summed E-state index contributed by atoms with van der Waals surface area (Å²) in [7, 11) is 0. The molecule has 0 heterocycles. The Morgan fingerprint density at radius 2 is 1.82 bits per heavy atom. The number of hydrogen-bond acceptors (Lipinski definition) is 3. The number of hydrogen-bond donors (Lipinski definition) is 4. The molecule has 2 aromatic carbocycles. The third kappa shape index (κ3) is 2.39. The monoisotopic (exact) mass is 291 g/mol. The van der Waals surface area contributed by atoms with Crippen molar-refractivity contribution in [3.63, 3.8) is 0 Å². The first kappa shape index (κ1) is 14.1. The van der Waals surface area contributed by atoms with E-state index in [9.17, 15) is 5.11 Å². The lowest BCUT2D eigenvalue weighted by Crippen LogP contribution is -2.10. The normalized spacial score (nSPS) is 12.7. The molecule has 0 amide bonds. The minimum absolute atomic E-state index is 0.0587. The molecule has 0 aliphatic heterocycles. The fraction of sp³-hybridized carbons (Fsp3) is 0.111. The van der Waals surface area contributed by atoms with Gasteiger partial charge >= 0.3 is 0 Å². The number of benzene rings is 2. The van der Waals surface area contributed by atoms with Crippen molar-refractivity contribution in [1.82, 2.24) is 0 Å². The Kier molecular flexibility index (Phi) is 3.29. The van der Waals surface area contributed by atoms with Gasteiger partial charge in [-0.3, -0.25) is 5.41 Å². The van der Waals surface area contributed by atoms with Crippen LogP contribution in [-0.2, 0) is 6.42 Å². The van der Waals surface area contributed by atoms with Crippen molar-refractivity contribution in [2.75, 3.05) is 0 Å². The summed E-state index contributed by atoms with van der Waals surface area (Å²) in [5.74, 6) is 0.0758. The summed E-state index contributed by atoms with van der Waals surface area (Å²) in [6, 6.07) is 11.0. The van der Waals surface area contributed by atoms with Gasteiger partial charge in [0, 0.05) is 16.8 Å². The fourth-order valence-corrected chi connectivity index (χ4v) is 2.72. The minimum atomic E-state index is -0.0587. The number of nitrogens with one attached hydrogen (secondary N) is 2. The zero-order valence-electron chi connectivity index (χ0n) is 12.3. The van der Waals surface area contributed by atoms with E-state index in [0.717, 1.165) is 34.2 Å². The average molecular weight is 291 g/mol. The van der Waals surface area contributed by atoms with Crippen LogP contribution in [0.2, 0.25) is 0 Å². The molecule has 4 heteroatoms. The lowest BCUT2D eigenvalue weighted by atomic mass is 9.99. The Bertz CT molecular complexity index is 834. The number of nitrogen functional groups attached to an aromatic ring is 1. The highest BCUT2D eigenvalue weighted by molar-refractivity contribution is 5.99. The molecule has 0 fully saturated rings. The second-order valence-corrected chi connectivity index (χ2v) is 5.53. The molecule has 0 unspecified atom stereocenters. The van der Waals surface area contributed by atoms with Gasteiger partial charge in [0.05, 0.1) is 0 Å². The highest BCUT2D eigenvalue weighted by Gasteiger charge is 2.17. The zero-order valence-corrected chi connectivity index (χ0v) is 12.3. The van der Waals surface area contributed by atoms with E-state index in [4.69, 9.17) is 16.6 Å². The summed E-state index contributed by atoms with van der Waals surface area (Å²) >= 11 is 0. The van der Waals surface area contributed by atoms with Gasteiger partial charge in [-0.25, -0.2) is 0 Å². The van der Waals surface area contributed by atoms with Gasteiger partial charge in [-0.2, -0.15) is 0 Å². The van der Waals surface area contributed by atoms with Crippen LogP contribution in [0.5, 0.6) is 5.75 Å². The number of allylic oxidation sites excluding steroid dienone is 1. The molecule has 4 nitrogen and oxygen atoms in total. The SMILES string of the molecule is CC(=N)c1ccc2c(c1)CC(c1ccc(C(=N)N)cc1O)=C2. The van der Waals surface area contributed by atoms with Crippen molar-refractivity contribution in [3.05, 3.63) is 64.2 Å². The molecule has 0 saturated heterocycles. The summed E-state index contributed by atoms with van der Waals surface area (Å²) in [6.07, 6.45) is 2.78. The summed E-state index contributed by atoms with van der Waals surface area (Å²) in [5.41, 5.74) is 11.5. The van der Waals surface area contributed by atoms with E-state index in [1.54, 1.807) is 19.1 Å². The lowest BCUT2D eigenvalue weighted by Gasteiger charge is -2.08. The van der Waals surface area contributed by atoms with Gasteiger partial charge in [-0.15, -0.1) is 0 Å². The molecule has 22 heavy (non-hydrogen) atoms. The minimum Gasteiger partial charge on any atom is -0.507 e. The van der Waals surface area contributed by atoms with Gasteiger partial charge in [0.25, 0.3) is 0 Å². The molecular weight excluding hydrogens is 274 g/mol. The third-order valence-corrected chi connectivity index (χ3v) is 3.94. The van der Waals surface area contributed by atoms with E-state index in [0.29, 0.717) is 11.3 Å². The number of phenolic OH excluding ortho intramolecular Hbond substituents is 1. The fourth-order valence-electron chi connectivity index (χ4n) is 2.72. The molecule has 0 bridgehead atoms. The Hall–Kier alpha value is -2.88. The standard InChI is InChI=1S/C18H17N3O/c1-10(19)11-2-3-12-7-15(8-14(12)6-11)16-5-4-13(18(20)21)9-17(16)22/h2-7,9,19,22H,8H2,1H3,(H3,20,21). The molecule has 0 aromatic heterocycles. The maximum absolute atomic E-state index is 10.2. The van der Waals surface area contributed by atoms with Gasteiger partial charge in [0.1, 0.15) is 11.6 Å². The highest BCUT2D eigenvalue weighted by atomic mass is 16.3. The summed E-state index contributed by atoms with van der Waals surface area (Å²) in [5, 5.41) is 25.3. The summed E-state index contributed by atoms with van der Waals surface area (Å²) in [4.78, 5) is 0.